The van der Waals surface area contributed by atoms with Gasteiger partial charge in [0.2, 0.25) is 0 Å². The van der Waals surface area contributed by atoms with E-state index in [0.717, 1.165) is 18.2 Å². The monoisotopic (exact) mass is 363 g/mol. The van der Waals surface area contributed by atoms with Crippen LogP contribution in [-0.2, 0) is 26.0 Å². The Morgan fingerprint density at radius 2 is 1.92 bits per heavy atom. The molecule has 1 aromatic carbocycles. The molecular weight excluding hydrogens is 342 g/mol. The van der Waals surface area contributed by atoms with Crippen molar-refractivity contribution in [2.24, 2.45) is 0 Å². The summed E-state index contributed by atoms with van der Waals surface area (Å²) < 4.78 is 29.4. The second kappa shape index (κ2) is 7.39. The van der Waals surface area contributed by atoms with Gasteiger partial charge in [0.1, 0.15) is 6.61 Å². The maximum Gasteiger partial charge on any atom is 0.307 e. The molecule has 1 aromatic heterocycles. The summed E-state index contributed by atoms with van der Waals surface area (Å²) in [5.41, 5.74) is 0.737. The van der Waals surface area contributed by atoms with E-state index in [4.69, 9.17) is 4.74 Å². The molecule has 1 saturated carbocycles. The lowest BCUT2D eigenvalue weighted by molar-refractivity contribution is -0.144. The molecule has 1 aliphatic rings. The molecule has 1 aliphatic carbocycles. The number of ether oxygens (including phenoxy) is 1. The van der Waals surface area contributed by atoms with Crippen LogP contribution in [0.15, 0.2) is 35.1 Å². The van der Waals surface area contributed by atoms with E-state index in [0.29, 0.717) is 23.9 Å². The number of benzene rings is 1. The number of hydrogen-bond acceptors (Lipinski definition) is 5. The summed E-state index contributed by atoms with van der Waals surface area (Å²) in [5, 5.41) is 0.528. The molecule has 0 amide bonds. The minimum atomic E-state index is -3.24. The lowest BCUT2D eigenvalue weighted by Crippen LogP contribution is -2.23. The highest BCUT2D eigenvalue weighted by molar-refractivity contribution is 7.92. The van der Waals surface area contributed by atoms with Crippen molar-refractivity contribution in [1.29, 1.82) is 0 Å². The van der Waals surface area contributed by atoms with Gasteiger partial charge in [0.25, 0.3) is 5.56 Å². The molecule has 2 aromatic rings. The highest BCUT2D eigenvalue weighted by atomic mass is 32.2. The molecule has 134 valence electrons. The van der Waals surface area contributed by atoms with Gasteiger partial charge in [0, 0.05) is 5.52 Å². The van der Waals surface area contributed by atoms with Crippen molar-refractivity contribution in [2.75, 3.05) is 5.75 Å². The fourth-order valence-electron chi connectivity index (χ4n) is 3.17. The van der Waals surface area contributed by atoms with Crippen molar-refractivity contribution in [3.05, 3.63) is 46.2 Å². The van der Waals surface area contributed by atoms with Crippen LogP contribution in [0.4, 0.5) is 0 Å². The lowest BCUT2D eigenvalue weighted by atomic mass is 10.1. The Kier molecular flexibility index (Phi) is 5.22. The Morgan fingerprint density at radius 1 is 1.20 bits per heavy atom. The molecule has 3 rings (SSSR count). The zero-order valence-corrected chi connectivity index (χ0v) is 14.7. The van der Waals surface area contributed by atoms with Gasteiger partial charge < -0.3 is 9.72 Å². The maximum atomic E-state index is 12.1. The lowest BCUT2D eigenvalue weighted by Gasteiger charge is -2.10. The highest BCUT2D eigenvalue weighted by Gasteiger charge is 2.29. The SMILES string of the molecule is O=C(CCS(=O)(=O)C1CCCC1)OCc1cc2ccccc2[nH]c1=O. The molecule has 0 radical (unpaired) electrons. The molecule has 1 N–H and O–H groups in total. The van der Waals surface area contributed by atoms with Crippen molar-refractivity contribution in [2.45, 2.75) is 44.0 Å². The van der Waals surface area contributed by atoms with Crippen LogP contribution in [-0.4, -0.2) is 30.4 Å². The summed E-state index contributed by atoms with van der Waals surface area (Å²) in [4.78, 5) is 26.6. The number of esters is 1. The normalized spacial score (nSPS) is 15.5. The summed E-state index contributed by atoms with van der Waals surface area (Å²) in [7, 11) is -3.24. The van der Waals surface area contributed by atoms with E-state index in [1.165, 1.54) is 0 Å². The average Bonchev–Trinajstić information content (AvgIpc) is 3.14. The molecule has 6 nitrogen and oxygen atoms in total. The van der Waals surface area contributed by atoms with E-state index in [1.807, 2.05) is 18.2 Å². The van der Waals surface area contributed by atoms with E-state index in [1.54, 1.807) is 12.1 Å². The van der Waals surface area contributed by atoms with Gasteiger partial charge in [-0.05, 0) is 30.4 Å². The number of fused-ring (bicyclic) bond motifs is 1. The Morgan fingerprint density at radius 3 is 2.68 bits per heavy atom. The standard InChI is InChI=1S/C18H21NO5S/c20-17(9-10-25(22,23)15-6-2-3-7-15)24-12-14-11-13-5-1-4-8-16(13)19-18(14)21/h1,4-5,8,11,15H,2-3,6-7,9-10,12H2,(H,19,21). The quantitative estimate of drug-likeness (QED) is 0.795. The molecule has 7 heteroatoms. The number of H-pyrrole nitrogens is 1. The smallest absolute Gasteiger partial charge is 0.307 e. The van der Waals surface area contributed by atoms with Gasteiger partial charge in [-0.3, -0.25) is 9.59 Å². The third-order valence-corrected chi connectivity index (χ3v) is 6.88. The number of carbonyl (C=O) groups excluding carboxylic acids is 1. The van der Waals surface area contributed by atoms with Gasteiger partial charge in [-0.15, -0.1) is 0 Å². The zero-order chi connectivity index (χ0) is 17.9. The molecule has 25 heavy (non-hydrogen) atoms. The summed E-state index contributed by atoms with van der Waals surface area (Å²) in [6, 6.07) is 9.00. The van der Waals surface area contributed by atoms with Crippen LogP contribution in [0.2, 0.25) is 0 Å². The summed E-state index contributed by atoms with van der Waals surface area (Å²) >= 11 is 0. The van der Waals surface area contributed by atoms with Crippen LogP contribution < -0.4 is 5.56 Å². The second-order valence-corrected chi connectivity index (χ2v) is 8.80. The number of aromatic nitrogens is 1. The number of carbonyl (C=O) groups is 1. The van der Waals surface area contributed by atoms with Gasteiger partial charge in [0.05, 0.1) is 23.0 Å². The van der Waals surface area contributed by atoms with Gasteiger partial charge in [-0.25, -0.2) is 8.42 Å². The number of nitrogens with one attached hydrogen (secondary N) is 1. The second-order valence-electron chi connectivity index (χ2n) is 6.40. The van der Waals surface area contributed by atoms with Crippen molar-refractivity contribution < 1.29 is 17.9 Å². The van der Waals surface area contributed by atoms with Gasteiger partial charge in [0.15, 0.2) is 9.84 Å². The topological polar surface area (TPSA) is 93.3 Å². The Hall–Kier alpha value is -2.15. The Balaban J connectivity index is 1.57. The first-order chi connectivity index (χ1) is 12.0. The van der Waals surface area contributed by atoms with Crippen LogP contribution in [0.1, 0.15) is 37.7 Å². The fraction of sp³-hybridized carbons (Fsp3) is 0.444. The number of hydrogen-bond donors (Lipinski definition) is 1. The predicted octanol–water partition coefficient (Wildman–Crippen LogP) is 2.32. The fourth-order valence-corrected chi connectivity index (χ4v) is 5.01. The largest absolute Gasteiger partial charge is 0.461 e. The summed E-state index contributed by atoms with van der Waals surface area (Å²) in [6.07, 6.45) is 3.05. The number of rotatable bonds is 6. The van der Waals surface area contributed by atoms with E-state index in [-0.39, 0.29) is 29.6 Å². The van der Waals surface area contributed by atoms with Crippen molar-refractivity contribution >= 4 is 26.7 Å². The highest BCUT2D eigenvalue weighted by Crippen LogP contribution is 2.25. The van der Waals surface area contributed by atoms with Crippen molar-refractivity contribution in [3.63, 3.8) is 0 Å². The molecule has 0 bridgehead atoms. The van der Waals surface area contributed by atoms with E-state index in [9.17, 15) is 18.0 Å². The minimum absolute atomic E-state index is 0.164. The number of aromatic amines is 1. The van der Waals surface area contributed by atoms with E-state index >= 15 is 0 Å². The van der Waals surface area contributed by atoms with Crippen LogP contribution >= 0.6 is 0 Å². The minimum Gasteiger partial charge on any atom is -0.461 e. The molecule has 0 aliphatic heterocycles. The van der Waals surface area contributed by atoms with Crippen molar-refractivity contribution in [3.8, 4) is 0 Å². The third-order valence-electron chi connectivity index (χ3n) is 4.62. The van der Waals surface area contributed by atoms with Crippen LogP contribution in [0.5, 0.6) is 0 Å². The number of pyridine rings is 1. The molecule has 1 heterocycles. The van der Waals surface area contributed by atoms with Crippen LogP contribution in [0.25, 0.3) is 10.9 Å². The van der Waals surface area contributed by atoms with Gasteiger partial charge >= 0.3 is 5.97 Å². The number of para-hydroxylation sites is 1. The molecule has 0 spiro atoms. The molecule has 0 atom stereocenters. The first kappa shape index (κ1) is 17.7. The molecule has 0 unspecified atom stereocenters. The van der Waals surface area contributed by atoms with Gasteiger partial charge in [-0.2, -0.15) is 0 Å². The Labute approximate surface area is 146 Å². The zero-order valence-electron chi connectivity index (χ0n) is 13.9. The summed E-state index contributed by atoms with van der Waals surface area (Å²) in [6.45, 7) is -0.164. The third kappa shape index (κ3) is 4.28. The maximum absolute atomic E-state index is 12.1. The molecule has 1 fully saturated rings. The van der Waals surface area contributed by atoms with Gasteiger partial charge in [-0.1, -0.05) is 31.0 Å². The van der Waals surface area contributed by atoms with E-state index < -0.39 is 15.8 Å². The molecule has 0 saturated heterocycles. The summed E-state index contributed by atoms with van der Waals surface area (Å²) in [5.74, 6) is -0.793. The Bertz CT molecular complexity index is 926. The van der Waals surface area contributed by atoms with Crippen molar-refractivity contribution in [1.82, 2.24) is 4.98 Å². The van der Waals surface area contributed by atoms with E-state index in [2.05, 4.69) is 4.98 Å². The predicted molar refractivity (Wildman–Crippen MR) is 95.0 cm³/mol. The van der Waals surface area contributed by atoms with Crippen LogP contribution in [0, 0.1) is 0 Å². The first-order valence-electron chi connectivity index (χ1n) is 8.44. The first-order valence-corrected chi connectivity index (χ1v) is 10.2. The average molecular weight is 363 g/mol. The number of sulfone groups is 1. The molecular formula is C18H21NO5S. The van der Waals surface area contributed by atoms with Crippen LogP contribution in [0.3, 0.4) is 0 Å².